The highest BCUT2D eigenvalue weighted by atomic mass is 35.5. The standard InChI is InChI=1S/C22H16ClFN2O4/c1-29-20-12-14(13-25-26-21(27)15-5-9-18(24)10-6-15)2-11-19(20)30-22(28)16-3-7-17(23)8-4-16/h2-13H,1H3,(H,26,27). The highest BCUT2D eigenvalue weighted by Gasteiger charge is 2.13. The van der Waals surface area contributed by atoms with E-state index in [1.807, 2.05) is 0 Å². The number of carbonyl (C=O) groups excluding carboxylic acids is 2. The molecule has 0 aliphatic carbocycles. The van der Waals surface area contributed by atoms with Gasteiger partial charge in [-0.25, -0.2) is 14.6 Å². The maximum Gasteiger partial charge on any atom is 0.343 e. The van der Waals surface area contributed by atoms with Gasteiger partial charge in [0.25, 0.3) is 5.91 Å². The highest BCUT2D eigenvalue weighted by Crippen LogP contribution is 2.28. The van der Waals surface area contributed by atoms with Crippen molar-refractivity contribution in [3.05, 3.63) is 94.3 Å². The summed E-state index contributed by atoms with van der Waals surface area (Å²) in [5.41, 5.74) is 3.56. The van der Waals surface area contributed by atoms with E-state index in [1.165, 1.54) is 37.6 Å². The van der Waals surface area contributed by atoms with Crippen molar-refractivity contribution >= 4 is 29.7 Å². The van der Waals surface area contributed by atoms with Gasteiger partial charge in [-0.2, -0.15) is 5.10 Å². The molecule has 0 fully saturated rings. The quantitative estimate of drug-likeness (QED) is 0.273. The van der Waals surface area contributed by atoms with Gasteiger partial charge in [-0.1, -0.05) is 11.6 Å². The molecule has 0 aliphatic heterocycles. The van der Waals surface area contributed by atoms with Gasteiger partial charge in [0.15, 0.2) is 11.5 Å². The van der Waals surface area contributed by atoms with Gasteiger partial charge >= 0.3 is 5.97 Å². The predicted octanol–water partition coefficient (Wildman–Crippen LogP) is 4.47. The second kappa shape index (κ2) is 9.67. The second-order valence-electron chi connectivity index (χ2n) is 6.01. The maximum absolute atomic E-state index is 12.9. The number of halogens is 2. The van der Waals surface area contributed by atoms with Crippen molar-refractivity contribution in [1.82, 2.24) is 5.43 Å². The summed E-state index contributed by atoms with van der Waals surface area (Å²) in [4.78, 5) is 24.2. The fourth-order valence-corrected chi connectivity index (χ4v) is 2.55. The fourth-order valence-electron chi connectivity index (χ4n) is 2.42. The summed E-state index contributed by atoms with van der Waals surface area (Å²) in [7, 11) is 1.44. The molecule has 0 radical (unpaired) electrons. The minimum atomic E-state index is -0.557. The van der Waals surface area contributed by atoms with Gasteiger partial charge in [0.05, 0.1) is 18.9 Å². The molecule has 3 rings (SSSR count). The van der Waals surface area contributed by atoms with E-state index in [9.17, 15) is 14.0 Å². The van der Waals surface area contributed by atoms with E-state index in [1.54, 1.807) is 42.5 Å². The number of benzene rings is 3. The number of hydrazone groups is 1. The number of nitrogens with zero attached hydrogens (tertiary/aromatic N) is 1. The van der Waals surface area contributed by atoms with Crippen LogP contribution in [0.4, 0.5) is 4.39 Å². The van der Waals surface area contributed by atoms with E-state index in [2.05, 4.69) is 10.5 Å². The molecular weight excluding hydrogens is 411 g/mol. The Morgan fingerprint density at radius 2 is 1.63 bits per heavy atom. The Hall–Kier alpha value is -3.71. The molecule has 3 aromatic rings. The Bertz CT molecular complexity index is 1080. The normalized spacial score (nSPS) is 10.6. The molecule has 0 heterocycles. The van der Waals surface area contributed by atoms with Crippen molar-refractivity contribution in [3.63, 3.8) is 0 Å². The maximum atomic E-state index is 12.9. The van der Waals surface area contributed by atoms with Crippen molar-refractivity contribution in [3.8, 4) is 11.5 Å². The lowest BCUT2D eigenvalue weighted by atomic mass is 10.2. The van der Waals surface area contributed by atoms with Crippen LogP contribution in [0.1, 0.15) is 26.3 Å². The molecule has 152 valence electrons. The Labute approximate surface area is 176 Å². The summed E-state index contributed by atoms with van der Waals surface area (Å²) in [6, 6.07) is 16.2. The van der Waals surface area contributed by atoms with Crippen LogP contribution in [0, 0.1) is 5.82 Å². The summed E-state index contributed by atoms with van der Waals surface area (Å²) in [6.45, 7) is 0. The topological polar surface area (TPSA) is 77.0 Å². The summed E-state index contributed by atoms with van der Waals surface area (Å²) in [5.74, 6) is -0.931. The van der Waals surface area contributed by atoms with Gasteiger partial charge in [0.1, 0.15) is 5.82 Å². The Kier molecular flexibility index (Phi) is 6.77. The van der Waals surface area contributed by atoms with Crippen LogP contribution in [-0.2, 0) is 0 Å². The van der Waals surface area contributed by atoms with Crippen LogP contribution >= 0.6 is 11.6 Å². The number of nitrogens with one attached hydrogen (secondary N) is 1. The molecule has 0 saturated carbocycles. The first-order chi connectivity index (χ1) is 14.5. The number of ether oxygens (including phenoxy) is 2. The number of amides is 1. The second-order valence-corrected chi connectivity index (χ2v) is 6.45. The Morgan fingerprint density at radius 3 is 2.30 bits per heavy atom. The summed E-state index contributed by atoms with van der Waals surface area (Å²) < 4.78 is 23.6. The Balaban J connectivity index is 1.66. The van der Waals surface area contributed by atoms with Crippen molar-refractivity contribution in [2.24, 2.45) is 5.10 Å². The summed E-state index contributed by atoms with van der Waals surface area (Å²) >= 11 is 5.82. The van der Waals surface area contributed by atoms with Crippen molar-refractivity contribution in [1.29, 1.82) is 0 Å². The smallest absolute Gasteiger partial charge is 0.343 e. The lowest BCUT2D eigenvalue weighted by Gasteiger charge is -2.10. The van der Waals surface area contributed by atoms with Gasteiger partial charge in [-0.3, -0.25) is 4.79 Å². The van der Waals surface area contributed by atoms with Crippen molar-refractivity contribution in [2.75, 3.05) is 7.11 Å². The number of hydrogen-bond donors (Lipinski definition) is 1. The first kappa shape index (κ1) is 21.0. The summed E-state index contributed by atoms with van der Waals surface area (Å²) in [6.07, 6.45) is 1.40. The van der Waals surface area contributed by atoms with Crippen molar-refractivity contribution < 1.29 is 23.5 Å². The van der Waals surface area contributed by atoms with Gasteiger partial charge in [0, 0.05) is 10.6 Å². The minimum absolute atomic E-state index is 0.227. The highest BCUT2D eigenvalue weighted by molar-refractivity contribution is 6.30. The number of methoxy groups -OCH3 is 1. The summed E-state index contributed by atoms with van der Waals surface area (Å²) in [5, 5.41) is 4.38. The van der Waals surface area contributed by atoms with Gasteiger partial charge in [-0.15, -0.1) is 0 Å². The third kappa shape index (κ3) is 5.42. The van der Waals surface area contributed by atoms with Crippen LogP contribution in [0.25, 0.3) is 0 Å². The third-order valence-corrected chi connectivity index (χ3v) is 4.21. The fraction of sp³-hybridized carbons (Fsp3) is 0.0455. The molecule has 0 unspecified atom stereocenters. The number of rotatable bonds is 6. The molecule has 0 spiro atoms. The molecule has 8 heteroatoms. The van der Waals surface area contributed by atoms with Crippen LogP contribution in [-0.4, -0.2) is 25.2 Å². The zero-order valence-electron chi connectivity index (χ0n) is 15.8. The zero-order valence-corrected chi connectivity index (χ0v) is 16.5. The monoisotopic (exact) mass is 426 g/mol. The molecule has 0 aromatic heterocycles. The van der Waals surface area contributed by atoms with E-state index >= 15 is 0 Å². The lowest BCUT2D eigenvalue weighted by molar-refractivity contribution is 0.0729. The van der Waals surface area contributed by atoms with Crippen molar-refractivity contribution in [2.45, 2.75) is 0 Å². The molecule has 30 heavy (non-hydrogen) atoms. The van der Waals surface area contributed by atoms with Gasteiger partial charge in [-0.05, 0) is 72.3 Å². The zero-order chi connectivity index (χ0) is 21.5. The van der Waals surface area contributed by atoms with Crippen LogP contribution < -0.4 is 14.9 Å². The van der Waals surface area contributed by atoms with E-state index in [4.69, 9.17) is 21.1 Å². The predicted molar refractivity (Wildman–Crippen MR) is 111 cm³/mol. The number of carbonyl (C=O) groups is 2. The van der Waals surface area contributed by atoms with E-state index < -0.39 is 17.7 Å². The largest absolute Gasteiger partial charge is 0.493 e. The third-order valence-electron chi connectivity index (χ3n) is 3.96. The average Bonchev–Trinajstić information content (AvgIpc) is 2.75. The molecule has 0 aliphatic rings. The molecule has 1 amide bonds. The first-order valence-corrected chi connectivity index (χ1v) is 9.09. The number of hydrogen-bond acceptors (Lipinski definition) is 5. The van der Waals surface area contributed by atoms with E-state index in [-0.39, 0.29) is 11.3 Å². The van der Waals surface area contributed by atoms with E-state index in [0.29, 0.717) is 21.9 Å². The molecule has 6 nitrogen and oxygen atoms in total. The molecule has 3 aromatic carbocycles. The minimum Gasteiger partial charge on any atom is -0.493 e. The molecular formula is C22H16ClFN2O4. The first-order valence-electron chi connectivity index (χ1n) is 8.71. The lowest BCUT2D eigenvalue weighted by Crippen LogP contribution is -2.17. The van der Waals surface area contributed by atoms with Crippen LogP contribution in [0.5, 0.6) is 11.5 Å². The van der Waals surface area contributed by atoms with Crippen LogP contribution in [0.3, 0.4) is 0 Å². The molecule has 0 atom stereocenters. The van der Waals surface area contributed by atoms with Crippen LogP contribution in [0.15, 0.2) is 71.8 Å². The van der Waals surface area contributed by atoms with E-state index in [0.717, 1.165) is 0 Å². The number of esters is 1. The van der Waals surface area contributed by atoms with Crippen LogP contribution in [0.2, 0.25) is 5.02 Å². The average molecular weight is 427 g/mol. The molecule has 0 bridgehead atoms. The van der Waals surface area contributed by atoms with Gasteiger partial charge in [0.2, 0.25) is 0 Å². The SMILES string of the molecule is COc1cc(C=NNC(=O)c2ccc(F)cc2)ccc1OC(=O)c1ccc(Cl)cc1. The Morgan fingerprint density at radius 1 is 0.967 bits per heavy atom. The molecule has 1 N–H and O–H groups in total. The van der Waals surface area contributed by atoms with Gasteiger partial charge < -0.3 is 9.47 Å². The molecule has 0 saturated heterocycles.